The Labute approximate surface area is 202 Å². The van der Waals surface area contributed by atoms with E-state index in [4.69, 9.17) is 4.52 Å². The second kappa shape index (κ2) is 18.6. The van der Waals surface area contributed by atoms with Crippen molar-refractivity contribution >= 4 is 13.3 Å². The number of unbranched alkanes of at least 4 members (excludes halogenated alkanes) is 7. The van der Waals surface area contributed by atoms with Crippen LogP contribution in [0.5, 0.6) is 0 Å². The van der Waals surface area contributed by atoms with Crippen molar-refractivity contribution in [2.24, 2.45) is 5.92 Å². The van der Waals surface area contributed by atoms with Crippen LogP contribution in [0.25, 0.3) is 0 Å². The molecule has 2 unspecified atom stereocenters. The summed E-state index contributed by atoms with van der Waals surface area (Å²) in [6.45, 7) is 7.28. The summed E-state index contributed by atoms with van der Waals surface area (Å²) in [5, 5.41) is 0.827. The van der Waals surface area contributed by atoms with Crippen molar-refractivity contribution in [3.8, 4) is 0 Å². The van der Waals surface area contributed by atoms with Crippen LogP contribution in [0.3, 0.4) is 0 Å². The SMILES string of the molecule is CCCCCCCCCc1ccc([P+](=O)OCC(CC)CCCC)cc1.[Nd]. The summed E-state index contributed by atoms with van der Waals surface area (Å²) in [4.78, 5) is 0. The molecule has 0 aromatic heterocycles. The first kappa shape index (κ1) is 27.6. The van der Waals surface area contributed by atoms with Crippen LogP contribution in [0, 0.1) is 46.8 Å². The van der Waals surface area contributed by atoms with Gasteiger partial charge in [-0.25, -0.2) is 0 Å². The third-order valence-corrected chi connectivity index (χ3v) is 6.29. The van der Waals surface area contributed by atoms with Gasteiger partial charge < -0.3 is 0 Å². The topological polar surface area (TPSA) is 26.3 Å². The monoisotopic (exact) mass is 521 g/mol. The van der Waals surface area contributed by atoms with Crippen LogP contribution >= 0.6 is 8.03 Å². The Morgan fingerprint density at radius 3 is 2.04 bits per heavy atom. The molecule has 2 nitrogen and oxygen atoms in total. The summed E-state index contributed by atoms with van der Waals surface area (Å²) < 4.78 is 18.0. The van der Waals surface area contributed by atoms with Gasteiger partial charge in [0.1, 0.15) is 6.61 Å². The average molecular weight is 524 g/mol. The van der Waals surface area contributed by atoms with Gasteiger partial charge in [-0.3, -0.25) is 0 Å². The second-order valence-corrected chi connectivity index (χ2v) is 8.80. The number of benzene rings is 1. The van der Waals surface area contributed by atoms with E-state index < -0.39 is 8.03 Å². The van der Waals surface area contributed by atoms with E-state index in [1.807, 2.05) is 12.1 Å². The molecule has 0 bridgehead atoms. The molecular weight excluding hydrogens is 483 g/mol. The average Bonchev–Trinajstić information content (AvgIpc) is 2.67. The van der Waals surface area contributed by atoms with Gasteiger partial charge in [0.2, 0.25) is 5.30 Å². The van der Waals surface area contributed by atoms with Gasteiger partial charge in [0.15, 0.2) is 0 Å². The summed E-state index contributed by atoms with van der Waals surface area (Å²) in [6.07, 6.45) is 15.2. The third-order valence-electron chi connectivity index (χ3n) is 5.19. The van der Waals surface area contributed by atoms with Crippen molar-refractivity contribution in [1.82, 2.24) is 0 Å². The Morgan fingerprint density at radius 2 is 1.44 bits per heavy atom. The summed E-state index contributed by atoms with van der Waals surface area (Å²) in [7, 11) is -1.72. The fraction of sp³-hybridized carbons (Fsp3) is 0.739. The van der Waals surface area contributed by atoms with E-state index in [9.17, 15) is 4.57 Å². The molecule has 0 amide bonds. The molecule has 0 aliphatic rings. The fourth-order valence-corrected chi connectivity index (χ4v) is 4.10. The first-order valence-corrected chi connectivity index (χ1v) is 12.1. The first-order valence-electron chi connectivity index (χ1n) is 10.9. The van der Waals surface area contributed by atoms with E-state index in [2.05, 4.69) is 32.9 Å². The maximum absolute atomic E-state index is 12.4. The first-order chi connectivity index (χ1) is 12.7. The van der Waals surface area contributed by atoms with E-state index in [1.165, 1.54) is 69.8 Å². The van der Waals surface area contributed by atoms with E-state index in [-0.39, 0.29) is 40.8 Å². The maximum atomic E-state index is 12.4. The molecule has 0 aliphatic carbocycles. The second-order valence-electron chi connectivity index (χ2n) is 7.51. The van der Waals surface area contributed by atoms with Gasteiger partial charge in [-0.1, -0.05) is 90.7 Å². The Morgan fingerprint density at radius 1 is 0.852 bits per heavy atom. The van der Waals surface area contributed by atoms with E-state index >= 15 is 0 Å². The van der Waals surface area contributed by atoms with Crippen LogP contribution in [0.1, 0.15) is 97.0 Å². The van der Waals surface area contributed by atoms with Crippen molar-refractivity contribution < 1.29 is 49.9 Å². The number of hydrogen-bond donors (Lipinski definition) is 0. The smallest absolute Gasteiger partial charge is 0.141 e. The van der Waals surface area contributed by atoms with Gasteiger partial charge in [-0.2, -0.15) is 0 Å². The minimum Gasteiger partial charge on any atom is -0.141 e. The Hall–Kier alpha value is 0.631. The van der Waals surface area contributed by atoms with Gasteiger partial charge in [0, 0.05) is 40.8 Å². The zero-order chi connectivity index (χ0) is 19.0. The number of hydrogen-bond acceptors (Lipinski definition) is 2. The molecule has 0 aliphatic heterocycles. The summed E-state index contributed by atoms with van der Waals surface area (Å²) >= 11 is 0. The molecule has 0 radical (unpaired) electrons. The van der Waals surface area contributed by atoms with Gasteiger partial charge in [0.05, 0.1) is 0 Å². The molecule has 1 rings (SSSR count). The number of rotatable bonds is 16. The summed E-state index contributed by atoms with van der Waals surface area (Å²) in [6, 6.07) is 8.22. The summed E-state index contributed by atoms with van der Waals surface area (Å²) in [5.41, 5.74) is 1.35. The number of aryl methyl sites for hydroxylation is 1. The minimum absolute atomic E-state index is 0. The van der Waals surface area contributed by atoms with Crippen molar-refractivity contribution in [1.29, 1.82) is 0 Å². The molecule has 152 valence electrons. The predicted octanol–water partition coefficient (Wildman–Crippen LogP) is 7.58. The molecule has 27 heavy (non-hydrogen) atoms. The minimum atomic E-state index is -1.72. The largest absolute Gasteiger partial charge is 0.548 e. The molecule has 2 atom stereocenters. The van der Waals surface area contributed by atoms with E-state index in [0.717, 1.165) is 18.1 Å². The molecule has 1 aromatic rings. The van der Waals surface area contributed by atoms with Crippen molar-refractivity contribution in [3.05, 3.63) is 29.8 Å². The Balaban J connectivity index is 0.00000676. The van der Waals surface area contributed by atoms with E-state index in [0.29, 0.717) is 12.5 Å². The van der Waals surface area contributed by atoms with Gasteiger partial charge in [-0.05, 0) is 47.4 Å². The fourth-order valence-electron chi connectivity index (χ4n) is 3.22. The van der Waals surface area contributed by atoms with Gasteiger partial charge >= 0.3 is 8.03 Å². The summed E-state index contributed by atoms with van der Waals surface area (Å²) in [5.74, 6) is 0.533. The van der Waals surface area contributed by atoms with Crippen molar-refractivity contribution in [3.63, 3.8) is 0 Å². The zero-order valence-electron chi connectivity index (χ0n) is 17.8. The molecular formula is C23H40NdO2P+. The molecule has 1 aromatic carbocycles. The maximum Gasteiger partial charge on any atom is 0.548 e. The molecule has 4 heteroatoms. The molecule has 0 fully saturated rings. The van der Waals surface area contributed by atoms with Crippen LogP contribution in [0.15, 0.2) is 24.3 Å². The molecule has 0 saturated carbocycles. The standard InChI is InChI=1S/C23H40O2P.Nd/c1-4-7-9-10-11-12-13-15-22-16-18-23(19-17-22)26(24)25-20-21(6-3)14-8-5-2;/h16-19,21H,4-15,20H2,1-3H3;/q+1;. The molecule has 0 spiro atoms. The van der Waals surface area contributed by atoms with E-state index in [1.54, 1.807) is 0 Å². The van der Waals surface area contributed by atoms with Crippen LogP contribution < -0.4 is 5.30 Å². The quantitative estimate of drug-likeness (QED) is 0.165. The predicted molar refractivity (Wildman–Crippen MR) is 115 cm³/mol. The van der Waals surface area contributed by atoms with Crippen LogP contribution in [0.2, 0.25) is 0 Å². The van der Waals surface area contributed by atoms with Crippen LogP contribution in [-0.4, -0.2) is 6.61 Å². The Kier molecular flexibility index (Phi) is 19.1. The van der Waals surface area contributed by atoms with Crippen molar-refractivity contribution in [2.45, 2.75) is 97.8 Å². The molecule has 0 N–H and O–H groups in total. The van der Waals surface area contributed by atoms with Crippen LogP contribution in [0.4, 0.5) is 0 Å². The normalized spacial score (nSPS) is 12.5. The van der Waals surface area contributed by atoms with Gasteiger partial charge in [0.25, 0.3) is 0 Å². The van der Waals surface area contributed by atoms with Gasteiger partial charge in [-0.15, -0.1) is 4.52 Å². The zero-order valence-corrected chi connectivity index (χ0v) is 21.9. The molecule has 0 heterocycles. The third kappa shape index (κ3) is 13.5. The molecule has 0 saturated heterocycles. The van der Waals surface area contributed by atoms with Crippen molar-refractivity contribution in [2.75, 3.05) is 6.61 Å². The van der Waals surface area contributed by atoms with Crippen LogP contribution in [-0.2, 0) is 15.5 Å². The Bertz CT molecular complexity index is 476.